The molecule has 1 aliphatic carbocycles. The summed E-state index contributed by atoms with van der Waals surface area (Å²) in [4.78, 5) is 0. The molecule has 4 rings (SSSR count). The first-order valence-electron chi connectivity index (χ1n) is 8.64. The van der Waals surface area contributed by atoms with Gasteiger partial charge in [0, 0.05) is 16.6 Å². The Morgan fingerprint density at radius 3 is 2.71 bits per heavy atom. The van der Waals surface area contributed by atoms with Crippen molar-refractivity contribution >= 4 is 17.3 Å². The lowest BCUT2D eigenvalue weighted by Crippen LogP contribution is -2.29. The zero-order valence-electron chi connectivity index (χ0n) is 14.1. The third-order valence-electron chi connectivity index (χ3n) is 5.28. The van der Waals surface area contributed by atoms with Crippen molar-refractivity contribution < 1.29 is 4.74 Å². The van der Waals surface area contributed by atoms with Crippen molar-refractivity contribution in [3.8, 4) is 5.75 Å². The molecular weight excluding hydrogens is 318 g/mol. The third kappa shape index (κ3) is 2.50. The van der Waals surface area contributed by atoms with Crippen molar-refractivity contribution in [2.24, 2.45) is 5.92 Å². The summed E-state index contributed by atoms with van der Waals surface area (Å²) in [5.41, 5.74) is 5.03. The highest BCUT2D eigenvalue weighted by atomic mass is 35.5. The van der Waals surface area contributed by atoms with Crippen molar-refractivity contribution in [1.29, 1.82) is 0 Å². The summed E-state index contributed by atoms with van der Waals surface area (Å²) in [6.45, 7) is 4.80. The molecule has 0 aromatic heterocycles. The molecule has 3 atom stereocenters. The quantitative estimate of drug-likeness (QED) is 0.706. The van der Waals surface area contributed by atoms with Gasteiger partial charge in [-0.3, -0.25) is 0 Å². The van der Waals surface area contributed by atoms with Gasteiger partial charge in [-0.05, 0) is 61.1 Å². The molecule has 24 heavy (non-hydrogen) atoms. The average Bonchev–Trinajstić information content (AvgIpc) is 3.08. The van der Waals surface area contributed by atoms with Crippen LogP contribution in [0.4, 0.5) is 5.69 Å². The van der Waals surface area contributed by atoms with Gasteiger partial charge in [0.2, 0.25) is 0 Å². The van der Waals surface area contributed by atoms with Gasteiger partial charge in [0.15, 0.2) is 0 Å². The molecule has 0 spiro atoms. The van der Waals surface area contributed by atoms with E-state index in [1.165, 1.54) is 16.8 Å². The number of hydrogen-bond donors (Lipinski definition) is 1. The summed E-state index contributed by atoms with van der Waals surface area (Å²) in [5, 5.41) is 4.61. The van der Waals surface area contributed by atoms with E-state index in [1.807, 2.05) is 13.0 Å². The third-order valence-corrected chi connectivity index (χ3v) is 5.69. The van der Waals surface area contributed by atoms with E-state index in [0.29, 0.717) is 24.5 Å². The number of hydrogen-bond acceptors (Lipinski definition) is 2. The molecule has 2 aliphatic rings. The van der Waals surface area contributed by atoms with Crippen molar-refractivity contribution in [1.82, 2.24) is 0 Å². The molecule has 0 saturated carbocycles. The molecule has 0 amide bonds. The Bertz CT molecular complexity index is 781. The van der Waals surface area contributed by atoms with Crippen LogP contribution in [0.15, 0.2) is 48.6 Å². The number of rotatable bonds is 3. The van der Waals surface area contributed by atoms with Crippen LogP contribution in [0.2, 0.25) is 5.02 Å². The number of nitrogens with one attached hydrogen (secondary N) is 1. The molecule has 1 aliphatic heterocycles. The molecule has 3 heteroatoms. The van der Waals surface area contributed by atoms with Crippen LogP contribution in [0.1, 0.15) is 42.0 Å². The number of anilines is 1. The second-order valence-corrected chi connectivity index (χ2v) is 7.02. The van der Waals surface area contributed by atoms with Crippen molar-refractivity contribution in [2.45, 2.75) is 32.2 Å². The summed E-state index contributed by atoms with van der Waals surface area (Å²) < 4.78 is 5.58. The first-order chi connectivity index (χ1) is 11.7. The van der Waals surface area contributed by atoms with E-state index in [4.69, 9.17) is 16.3 Å². The molecule has 0 fully saturated rings. The van der Waals surface area contributed by atoms with Crippen LogP contribution in [0.3, 0.4) is 0 Å². The molecule has 2 nitrogen and oxygen atoms in total. The van der Waals surface area contributed by atoms with Crippen molar-refractivity contribution in [3.05, 3.63) is 70.3 Å². The van der Waals surface area contributed by atoms with Crippen LogP contribution in [-0.4, -0.2) is 6.61 Å². The van der Waals surface area contributed by atoms with Crippen LogP contribution in [0.25, 0.3) is 0 Å². The fourth-order valence-corrected chi connectivity index (χ4v) is 4.21. The van der Waals surface area contributed by atoms with Gasteiger partial charge < -0.3 is 10.1 Å². The molecule has 1 N–H and O–H groups in total. The summed E-state index contributed by atoms with van der Waals surface area (Å²) in [6, 6.07) is 13.0. The fraction of sp³-hybridized carbons (Fsp3) is 0.333. The summed E-state index contributed by atoms with van der Waals surface area (Å²) in [6.07, 6.45) is 5.79. The molecule has 0 bridgehead atoms. The smallest absolute Gasteiger partial charge is 0.119 e. The van der Waals surface area contributed by atoms with E-state index in [9.17, 15) is 0 Å². The van der Waals surface area contributed by atoms with Gasteiger partial charge in [0.25, 0.3) is 0 Å². The Balaban J connectivity index is 1.73. The second-order valence-electron chi connectivity index (χ2n) is 6.61. The minimum absolute atomic E-state index is 0.297. The zero-order valence-corrected chi connectivity index (χ0v) is 14.8. The maximum Gasteiger partial charge on any atom is 0.119 e. The van der Waals surface area contributed by atoms with Gasteiger partial charge in [-0.1, -0.05) is 42.0 Å². The number of fused-ring (bicyclic) bond motifs is 3. The normalized spacial score (nSPS) is 24.2. The van der Waals surface area contributed by atoms with E-state index in [2.05, 4.69) is 54.7 Å². The van der Waals surface area contributed by atoms with E-state index in [0.717, 1.165) is 22.8 Å². The van der Waals surface area contributed by atoms with Crippen LogP contribution in [0, 0.1) is 12.8 Å². The molecular formula is C21H22ClNO. The van der Waals surface area contributed by atoms with E-state index in [-0.39, 0.29) is 0 Å². The molecule has 2 aromatic rings. The monoisotopic (exact) mass is 339 g/mol. The van der Waals surface area contributed by atoms with Crippen molar-refractivity contribution in [2.75, 3.05) is 11.9 Å². The molecule has 0 radical (unpaired) electrons. The Hall–Kier alpha value is -1.93. The van der Waals surface area contributed by atoms with E-state index in [1.54, 1.807) is 0 Å². The van der Waals surface area contributed by atoms with Gasteiger partial charge >= 0.3 is 0 Å². The van der Waals surface area contributed by atoms with Gasteiger partial charge in [-0.15, -0.1) is 0 Å². The predicted molar refractivity (Wildman–Crippen MR) is 100 cm³/mol. The van der Waals surface area contributed by atoms with E-state index < -0.39 is 0 Å². The maximum absolute atomic E-state index is 6.36. The number of allylic oxidation sites excluding steroid dienone is 2. The fourth-order valence-electron chi connectivity index (χ4n) is 4.06. The average molecular weight is 340 g/mol. The van der Waals surface area contributed by atoms with Gasteiger partial charge in [-0.25, -0.2) is 0 Å². The molecule has 124 valence electrons. The number of halogens is 1. The van der Waals surface area contributed by atoms with Crippen LogP contribution >= 0.6 is 11.6 Å². The second kappa shape index (κ2) is 6.18. The summed E-state index contributed by atoms with van der Waals surface area (Å²) in [5.74, 6) is 1.95. The van der Waals surface area contributed by atoms with Crippen LogP contribution in [0.5, 0.6) is 5.75 Å². The predicted octanol–water partition coefficient (Wildman–Crippen LogP) is 5.87. The molecule has 2 aromatic carbocycles. The van der Waals surface area contributed by atoms with E-state index >= 15 is 0 Å². The zero-order chi connectivity index (χ0) is 16.7. The maximum atomic E-state index is 6.36. The highest BCUT2D eigenvalue weighted by Crippen LogP contribution is 2.51. The largest absolute Gasteiger partial charge is 0.494 e. The first-order valence-corrected chi connectivity index (χ1v) is 9.01. The van der Waals surface area contributed by atoms with Crippen LogP contribution in [-0.2, 0) is 0 Å². The first kappa shape index (κ1) is 15.6. The Kier molecular flexibility index (Phi) is 4.01. The summed E-state index contributed by atoms with van der Waals surface area (Å²) in [7, 11) is 0. The lowest BCUT2D eigenvalue weighted by molar-refractivity contribution is 0.340. The highest BCUT2D eigenvalue weighted by Gasteiger charge is 2.38. The lowest BCUT2D eigenvalue weighted by Gasteiger charge is -2.38. The van der Waals surface area contributed by atoms with Gasteiger partial charge in [-0.2, -0.15) is 0 Å². The lowest BCUT2D eigenvalue weighted by atomic mass is 9.76. The van der Waals surface area contributed by atoms with Gasteiger partial charge in [0.1, 0.15) is 5.75 Å². The van der Waals surface area contributed by atoms with Crippen molar-refractivity contribution in [3.63, 3.8) is 0 Å². The topological polar surface area (TPSA) is 21.3 Å². The molecule has 3 unspecified atom stereocenters. The Morgan fingerprint density at radius 2 is 1.96 bits per heavy atom. The highest BCUT2D eigenvalue weighted by molar-refractivity contribution is 6.31. The Morgan fingerprint density at radius 1 is 1.17 bits per heavy atom. The Labute approximate surface area is 148 Å². The minimum atomic E-state index is 0.297. The standard InChI is InChI=1S/C21H22ClNO/c1-3-24-15-9-7-14(8-10-15)21-17-6-4-5-16(17)18-11-12-19(22)13(2)20(18)23-21/h4-5,7-12,16-17,21,23H,3,6H2,1-2H3. The SMILES string of the molecule is CCOc1ccc(C2Nc3c(ccc(Cl)c3C)C3C=CCC32)cc1. The molecule has 1 heterocycles. The van der Waals surface area contributed by atoms with Gasteiger partial charge in [0.05, 0.1) is 12.6 Å². The number of ether oxygens (including phenoxy) is 1. The summed E-state index contributed by atoms with van der Waals surface area (Å²) >= 11 is 6.36. The van der Waals surface area contributed by atoms with Crippen LogP contribution < -0.4 is 10.1 Å². The minimum Gasteiger partial charge on any atom is -0.494 e. The number of benzene rings is 2. The molecule has 0 saturated heterocycles.